The number of hydrogen-bond acceptors (Lipinski definition) is 4. The van der Waals surface area contributed by atoms with E-state index >= 15 is 0 Å². The fraction of sp³-hybridized carbons (Fsp3) is 0.519. The van der Waals surface area contributed by atoms with Crippen LogP contribution in [0.1, 0.15) is 57.0 Å². The Kier molecular flexibility index (Phi) is 6.15. The number of methoxy groups -OCH3 is 1. The average Bonchev–Trinajstić information content (AvgIpc) is 3.57. The molecule has 2 aromatic heterocycles. The molecular weight excluding hydrogens is 478 g/mol. The minimum Gasteiger partial charge on any atom is -0.396 e. The van der Waals surface area contributed by atoms with Crippen molar-refractivity contribution in [3.8, 4) is 11.3 Å². The molecule has 3 aromatic rings. The molecule has 0 radical (unpaired) electrons. The number of aromatic nitrogens is 2. The summed E-state index contributed by atoms with van der Waals surface area (Å²) >= 11 is 3.71. The van der Waals surface area contributed by atoms with Crippen LogP contribution in [0, 0.1) is 5.41 Å². The second-order valence-electron chi connectivity index (χ2n) is 10.5. The van der Waals surface area contributed by atoms with Crippen LogP contribution in [-0.2, 0) is 11.2 Å². The minimum absolute atomic E-state index is 0.109. The van der Waals surface area contributed by atoms with Crippen LogP contribution in [0.4, 0.5) is 0 Å². The van der Waals surface area contributed by atoms with E-state index in [4.69, 9.17) is 9.72 Å². The molecule has 1 saturated carbocycles. The Bertz CT molecular complexity index is 1160. The number of halogens is 1. The molecule has 1 aliphatic carbocycles. The molecule has 1 N–H and O–H groups in total. The number of nitrogens with zero attached hydrogens (tertiary/aromatic N) is 3. The van der Waals surface area contributed by atoms with E-state index in [1.165, 1.54) is 35.0 Å². The van der Waals surface area contributed by atoms with Gasteiger partial charge in [-0.1, -0.05) is 29.8 Å². The van der Waals surface area contributed by atoms with E-state index in [1.54, 1.807) is 7.11 Å². The van der Waals surface area contributed by atoms with Crippen molar-refractivity contribution in [2.45, 2.75) is 58.2 Å². The molecule has 0 bridgehead atoms. The van der Waals surface area contributed by atoms with Crippen LogP contribution in [0.2, 0.25) is 0 Å². The lowest BCUT2D eigenvalue weighted by Crippen LogP contribution is -2.48. The predicted octanol–water partition coefficient (Wildman–Crippen LogP) is 5.75. The first kappa shape index (κ1) is 23.0. The largest absolute Gasteiger partial charge is 0.396 e. The van der Waals surface area contributed by atoms with Gasteiger partial charge in [0.2, 0.25) is 0 Å². The standard InChI is InChI=1S/C27H34BrN3O2/c1-17(33-4)25-21(6-5-11-29-25)26-23(13-27(2,3)16-32)22-12-18(28)7-10-24(22)31(26)20-14-30(15-20)19-8-9-19/h5-7,10-12,17,19-20,32H,8-9,13-16H2,1-4H3/t17-/m0/s1. The molecule has 176 valence electrons. The lowest BCUT2D eigenvalue weighted by Gasteiger charge is -2.42. The van der Waals surface area contributed by atoms with E-state index in [0.717, 1.165) is 41.3 Å². The number of rotatable bonds is 8. The molecule has 2 aliphatic rings. The van der Waals surface area contributed by atoms with Crippen LogP contribution in [0.25, 0.3) is 22.2 Å². The summed E-state index contributed by atoms with van der Waals surface area (Å²) in [5.41, 5.74) is 5.64. The highest BCUT2D eigenvalue weighted by atomic mass is 79.9. The molecule has 5 nitrogen and oxygen atoms in total. The molecule has 1 saturated heterocycles. The van der Waals surface area contributed by atoms with Crippen LogP contribution in [0.15, 0.2) is 41.0 Å². The van der Waals surface area contributed by atoms with E-state index in [0.29, 0.717) is 6.04 Å². The summed E-state index contributed by atoms with van der Waals surface area (Å²) in [5, 5.41) is 11.4. The number of ether oxygens (including phenoxy) is 1. The number of aliphatic hydroxyl groups is 1. The van der Waals surface area contributed by atoms with Gasteiger partial charge in [0.1, 0.15) is 0 Å². The van der Waals surface area contributed by atoms with Crippen molar-refractivity contribution < 1.29 is 9.84 Å². The molecule has 3 heterocycles. The third-order valence-electron chi connectivity index (χ3n) is 7.30. The first-order chi connectivity index (χ1) is 15.8. The number of pyridine rings is 1. The van der Waals surface area contributed by atoms with Gasteiger partial charge in [0.15, 0.2) is 0 Å². The summed E-state index contributed by atoms with van der Waals surface area (Å²) in [6.45, 7) is 8.66. The average molecular weight is 512 g/mol. The summed E-state index contributed by atoms with van der Waals surface area (Å²) in [4.78, 5) is 7.38. The summed E-state index contributed by atoms with van der Waals surface area (Å²) in [6, 6.07) is 12.1. The molecule has 1 aromatic carbocycles. The van der Waals surface area contributed by atoms with Gasteiger partial charge in [0.05, 0.1) is 23.5 Å². The lowest BCUT2D eigenvalue weighted by atomic mass is 9.84. The molecule has 6 heteroatoms. The number of benzene rings is 1. The third-order valence-corrected chi connectivity index (χ3v) is 7.80. The van der Waals surface area contributed by atoms with Gasteiger partial charge in [-0.3, -0.25) is 9.88 Å². The Morgan fingerprint density at radius 3 is 2.64 bits per heavy atom. The van der Waals surface area contributed by atoms with Gasteiger partial charge in [-0.2, -0.15) is 0 Å². The fourth-order valence-electron chi connectivity index (χ4n) is 5.18. The summed E-state index contributed by atoms with van der Waals surface area (Å²) < 4.78 is 9.36. The molecule has 2 fully saturated rings. The molecule has 33 heavy (non-hydrogen) atoms. The molecule has 0 spiro atoms. The van der Waals surface area contributed by atoms with Crippen molar-refractivity contribution in [2.24, 2.45) is 5.41 Å². The summed E-state index contributed by atoms with van der Waals surface area (Å²) in [5.74, 6) is 0. The van der Waals surface area contributed by atoms with Crippen LogP contribution in [0.3, 0.4) is 0 Å². The van der Waals surface area contributed by atoms with Crippen molar-refractivity contribution in [2.75, 3.05) is 26.8 Å². The number of fused-ring (bicyclic) bond motifs is 1. The summed E-state index contributed by atoms with van der Waals surface area (Å²) in [6.07, 6.45) is 5.21. The minimum atomic E-state index is -0.231. The van der Waals surface area contributed by atoms with E-state index in [2.05, 4.69) is 70.4 Å². The van der Waals surface area contributed by atoms with Gasteiger partial charge in [0.25, 0.3) is 0 Å². The van der Waals surface area contributed by atoms with Gasteiger partial charge < -0.3 is 14.4 Å². The maximum Gasteiger partial charge on any atom is 0.0969 e. The quantitative estimate of drug-likeness (QED) is 0.418. The second kappa shape index (κ2) is 8.81. The number of aliphatic hydroxyl groups excluding tert-OH is 1. The van der Waals surface area contributed by atoms with E-state index in [9.17, 15) is 5.11 Å². The Labute approximate surface area is 204 Å². The lowest BCUT2D eigenvalue weighted by molar-refractivity contribution is 0.101. The maximum atomic E-state index is 10.1. The summed E-state index contributed by atoms with van der Waals surface area (Å²) in [7, 11) is 1.74. The van der Waals surface area contributed by atoms with E-state index < -0.39 is 0 Å². The number of hydrogen-bond donors (Lipinski definition) is 1. The molecule has 1 atom stereocenters. The van der Waals surface area contributed by atoms with Crippen LogP contribution < -0.4 is 0 Å². The first-order valence-electron chi connectivity index (χ1n) is 12.0. The molecular formula is C27H34BrN3O2. The van der Waals surface area contributed by atoms with Gasteiger partial charge in [-0.15, -0.1) is 0 Å². The monoisotopic (exact) mass is 511 g/mol. The van der Waals surface area contributed by atoms with Crippen molar-refractivity contribution in [1.29, 1.82) is 0 Å². The second-order valence-corrected chi connectivity index (χ2v) is 11.4. The van der Waals surface area contributed by atoms with Gasteiger partial charge in [-0.05, 0) is 67.5 Å². The van der Waals surface area contributed by atoms with E-state index in [1.807, 2.05) is 12.3 Å². The zero-order valence-electron chi connectivity index (χ0n) is 20.0. The van der Waals surface area contributed by atoms with Crippen LogP contribution >= 0.6 is 15.9 Å². The van der Waals surface area contributed by atoms with Crippen molar-refractivity contribution in [3.63, 3.8) is 0 Å². The maximum absolute atomic E-state index is 10.1. The predicted molar refractivity (Wildman–Crippen MR) is 136 cm³/mol. The smallest absolute Gasteiger partial charge is 0.0969 e. The fourth-order valence-corrected chi connectivity index (χ4v) is 5.54. The normalized spacial score (nSPS) is 18.6. The van der Waals surface area contributed by atoms with Crippen molar-refractivity contribution in [1.82, 2.24) is 14.5 Å². The van der Waals surface area contributed by atoms with Crippen molar-refractivity contribution >= 4 is 26.8 Å². The molecule has 0 unspecified atom stereocenters. The zero-order chi connectivity index (χ0) is 23.3. The Hall–Kier alpha value is -1.73. The SMILES string of the molecule is CO[C@@H](C)c1ncccc1-c1c(CC(C)(C)CO)c2cc(Br)ccc2n1C1CN(C2CC2)C1. The highest BCUT2D eigenvalue weighted by Crippen LogP contribution is 2.45. The Morgan fingerprint density at radius 1 is 1.21 bits per heavy atom. The van der Waals surface area contributed by atoms with E-state index in [-0.39, 0.29) is 18.1 Å². The molecule has 5 rings (SSSR count). The Balaban J connectivity index is 1.76. The molecule has 1 aliphatic heterocycles. The highest BCUT2D eigenvalue weighted by molar-refractivity contribution is 9.10. The van der Waals surface area contributed by atoms with Gasteiger partial charge >= 0.3 is 0 Å². The first-order valence-corrected chi connectivity index (χ1v) is 12.8. The van der Waals surface area contributed by atoms with Gasteiger partial charge in [-0.25, -0.2) is 0 Å². The zero-order valence-corrected chi connectivity index (χ0v) is 21.6. The third kappa shape index (κ3) is 4.27. The van der Waals surface area contributed by atoms with Crippen LogP contribution in [-0.4, -0.2) is 52.4 Å². The Morgan fingerprint density at radius 2 is 1.97 bits per heavy atom. The van der Waals surface area contributed by atoms with Gasteiger partial charge in [0, 0.05) is 60.0 Å². The molecule has 0 amide bonds. The van der Waals surface area contributed by atoms with Crippen molar-refractivity contribution in [3.05, 3.63) is 52.3 Å². The van der Waals surface area contributed by atoms with Crippen LogP contribution in [0.5, 0.6) is 0 Å². The highest BCUT2D eigenvalue weighted by Gasteiger charge is 2.40. The number of likely N-dealkylation sites (tertiary alicyclic amines) is 1. The topological polar surface area (TPSA) is 50.5 Å².